The average molecular weight is 312 g/mol. The van der Waals surface area contributed by atoms with Crippen LogP contribution < -0.4 is 0 Å². The molecule has 1 aromatic rings. The van der Waals surface area contributed by atoms with Crippen molar-refractivity contribution in [3.05, 3.63) is 24.0 Å². The quantitative estimate of drug-likeness (QED) is 0.885. The highest BCUT2D eigenvalue weighted by Gasteiger charge is 2.33. The van der Waals surface area contributed by atoms with E-state index < -0.39 is 21.2 Å². The summed E-state index contributed by atoms with van der Waals surface area (Å²) in [7, 11) is -3.48. The van der Waals surface area contributed by atoms with E-state index in [9.17, 15) is 13.2 Å². The van der Waals surface area contributed by atoms with E-state index in [2.05, 4.69) is 4.90 Å². The van der Waals surface area contributed by atoms with Crippen LogP contribution in [0.2, 0.25) is 0 Å². The van der Waals surface area contributed by atoms with Crippen molar-refractivity contribution in [2.45, 2.75) is 30.9 Å². The van der Waals surface area contributed by atoms with Crippen LogP contribution in [0.3, 0.4) is 0 Å². The Hall–Kier alpha value is -1.34. The van der Waals surface area contributed by atoms with Crippen molar-refractivity contribution in [2.24, 2.45) is 5.92 Å². The third kappa shape index (κ3) is 3.13. The largest absolute Gasteiger partial charge is 0.478 e. The minimum atomic E-state index is -3.48. The molecule has 1 saturated carbocycles. The molecule has 0 radical (unpaired) electrons. The van der Waals surface area contributed by atoms with E-state index in [-0.39, 0.29) is 5.56 Å². The molecule has 7 heteroatoms. The first-order chi connectivity index (χ1) is 9.96. The predicted octanol–water partition coefficient (Wildman–Crippen LogP) is 1.24. The number of carboxylic acids is 1. The number of aromatic carboxylic acids is 1. The van der Waals surface area contributed by atoms with E-state index in [1.165, 1.54) is 31.3 Å². The van der Waals surface area contributed by atoms with E-state index >= 15 is 0 Å². The second-order valence-corrected chi connectivity index (χ2v) is 8.14. The van der Waals surface area contributed by atoms with Crippen molar-refractivity contribution in [2.75, 3.05) is 19.6 Å². The lowest BCUT2D eigenvalue weighted by molar-refractivity contribution is 0.0697. The van der Waals surface area contributed by atoms with Gasteiger partial charge in [-0.1, -0.05) is 0 Å². The van der Waals surface area contributed by atoms with E-state index in [1.54, 1.807) is 0 Å². The third-order valence-corrected chi connectivity index (χ3v) is 6.51. The van der Waals surface area contributed by atoms with Crippen LogP contribution in [-0.4, -0.2) is 53.3 Å². The summed E-state index contributed by atoms with van der Waals surface area (Å²) >= 11 is 0. The molecule has 0 atom stereocenters. The summed E-state index contributed by atoms with van der Waals surface area (Å²) in [5, 5.41) is 8.47. The molecule has 0 aromatic carbocycles. The van der Waals surface area contributed by atoms with Crippen LogP contribution in [0.4, 0.5) is 0 Å². The first-order valence-electron chi connectivity index (χ1n) is 7.35. The van der Waals surface area contributed by atoms with Gasteiger partial charge < -0.3 is 10.0 Å². The van der Waals surface area contributed by atoms with Crippen molar-refractivity contribution in [1.82, 2.24) is 8.87 Å². The van der Waals surface area contributed by atoms with Crippen LogP contribution in [0.25, 0.3) is 0 Å². The Kier molecular flexibility index (Phi) is 3.79. The van der Waals surface area contributed by atoms with Gasteiger partial charge in [-0.3, -0.25) is 3.97 Å². The van der Waals surface area contributed by atoms with Crippen LogP contribution in [0.15, 0.2) is 18.5 Å². The molecule has 0 unspecified atom stereocenters. The smallest absolute Gasteiger partial charge is 0.337 e. The fourth-order valence-electron chi connectivity index (χ4n) is 2.89. The van der Waals surface area contributed by atoms with Gasteiger partial charge in [0.15, 0.2) is 0 Å². The lowest BCUT2D eigenvalue weighted by Crippen LogP contribution is -2.41. The van der Waals surface area contributed by atoms with Gasteiger partial charge in [0.05, 0.1) is 10.8 Å². The molecule has 6 nitrogen and oxygen atoms in total. The molecule has 3 rings (SSSR count). The zero-order valence-corrected chi connectivity index (χ0v) is 12.6. The monoisotopic (exact) mass is 312 g/mol. The van der Waals surface area contributed by atoms with E-state index in [0.29, 0.717) is 12.8 Å². The molecule has 1 aromatic heterocycles. The van der Waals surface area contributed by atoms with Crippen molar-refractivity contribution in [1.29, 1.82) is 0 Å². The van der Waals surface area contributed by atoms with Gasteiger partial charge in [-0.25, -0.2) is 13.2 Å². The molecular weight excluding hydrogens is 292 g/mol. The van der Waals surface area contributed by atoms with Crippen molar-refractivity contribution < 1.29 is 18.3 Å². The van der Waals surface area contributed by atoms with Crippen LogP contribution in [-0.2, 0) is 10.0 Å². The van der Waals surface area contributed by atoms with Gasteiger partial charge >= 0.3 is 5.97 Å². The van der Waals surface area contributed by atoms with E-state index in [4.69, 9.17) is 5.11 Å². The molecule has 1 aliphatic heterocycles. The number of carboxylic acid groups (broad SMARTS) is 1. The Morgan fingerprint density at radius 1 is 1.24 bits per heavy atom. The number of hydrogen-bond donors (Lipinski definition) is 1. The van der Waals surface area contributed by atoms with Crippen molar-refractivity contribution in [3.8, 4) is 0 Å². The molecule has 0 spiro atoms. The fourth-order valence-corrected chi connectivity index (χ4v) is 4.53. The highest BCUT2D eigenvalue weighted by Crippen LogP contribution is 2.31. The molecular formula is C14H20N2O4S. The predicted molar refractivity (Wildman–Crippen MR) is 77.9 cm³/mol. The lowest BCUT2D eigenvalue weighted by atomic mass is 10.1. The highest BCUT2D eigenvalue weighted by molar-refractivity contribution is 7.90. The Balaban J connectivity index is 1.66. The third-order valence-electron chi connectivity index (χ3n) is 4.38. The molecule has 1 N–H and O–H groups in total. The fraction of sp³-hybridized carbons (Fsp3) is 0.643. The SMILES string of the molecule is O=C(O)c1ccn(S(=O)(=O)C2CCN(CC3CC3)CC2)c1. The molecule has 116 valence electrons. The summed E-state index contributed by atoms with van der Waals surface area (Å²) in [6.45, 7) is 2.72. The maximum Gasteiger partial charge on any atom is 0.337 e. The van der Waals surface area contributed by atoms with Gasteiger partial charge in [-0.2, -0.15) is 0 Å². The number of likely N-dealkylation sites (tertiary alicyclic amines) is 1. The standard InChI is InChI=1S/C14H20N2O4S/c17-14(18)12-3-8-16(10-12)21(19,20)13-4-6-15(7-5-13)9-11-1-2-11/h3,8,10-11,13H,1-2,4-7,9H2,(H,17,18). The second-order valence-electron chi connectivity index (χ2n) is 6.02. The molecule has 0 bridgehead atoms. The first kappa shape index (κ1) is 14.6. The zero-order chi connectivity index (χ0) is 15.0. The molecule has 1 aliphatic carbocycles. The molecule has 21 heavy (non-hydrogen) atoms. The van der Waals surface area contributed by atoms with Crippen LogP contribution in [0.5, 0.6) is 0 Å². The Labute approximate surface area is 124 Å². The summed E-state index contributed by atoms with van der Waals surface area (Å²) < 4.78 is 26.1. The number of piperidine rings is 1. The number of hydrogen-bond acceptors (Lipinski definition) is 4. The Bertz CT molecular complexity index is 625. The topological polar surface area (TPSA) is 79.6 Å². The molecule has 1 saturated heterocycles. The average Bonchev–Trinajstić information content (AvgIpc) is 3.10. The number of aromatic nitrogens is 1. The summed E-state index contributed by atoms with van der Waals surface area (Å²) in [5.41, 5.74) is 0.00439. The minimum Gasteiger partial charge on any atom is -0.478 e. The number of nitrogens with zero attached hydrogens (tertiary/aromatic N) is 2. The van der Waals surface area contributed by atoms with Crippen LogP contribution in [0.1, 0.15) is 36.0 Å². The van der Waals surface area contributed by atoms with Gasteiger partial charge in [0.1, 0.15) is 0 Å². The Morgan fingerprint density at radius 3 is 2.43 bits per heavy atom. The summed E-state index contributed by atoms with van der Waals surface area (Å²) in [6.07, 6.45) is 6.37. The maximum atomic E-state index is 12.5. The normalized spacial score (nSPS) is 21.5. The van der Waals surface area contributed by atoms with Gasteiger partial charge in [-0.15, -0.1) is 0 Å². The zero-order valence-electron chi connectivity index (χ0n) is 11.8. The highest BCUT2D eigenvalue weighted by atomic mass is 32.2. The van der Waals surface area contributed by atoms with E-state index in [1.807, 2.05) is 0 Å². The number of carbonyl (C=O) groups is 1. The van der Waals surface area contributed by atoms with Crippen LogP contribution in [0, 0.1) is 5.92 Å². The van der Waals surface area contributed by atoms with E-state index in [0.717, 1.165) is 29.5 Å². The lowest BCUT2D eigenvalue weighted by Gasteiger charge is -2.31. The minimum absolute atomic E-state index is 0.00439. The second kappa shape index (κ2) is 5.46. The molecule has 2 heterocycles. The number of rotatable bonds is 5. The van der Waals surface area contributed by atoms with Gasteiger partial charge in [0.2, 0.25) is 10.0 Å². The van der Waals surface area contributed by atoms with Gasteiger partial charge in [-0.05, 0) is 50.8 Å². The van der Waals surface area contributed by atoms with Crippen LogP contribution >= 0.6 is 0 Å². The first-order valence-corrected chi connectivity index (χ1v) is 8.85. The maximum absolute atomic E-state index is 12.5. The molecule has 2 aliphatic rings. The summed E-state index contributed by atoms with van der Waals surface area (Å²) in [6, 6.07) is 1.32. The summed E-state index contributed by atoms with van der Waals surface area (Å²) in [5.74, 6) is -0.288. The van der Waals surface area contributed by atoms with Gasteiger partial charge in [0.25, 0.3) is 0 Å². The summed E-state index contributed by atoms with van der Waals surface area (Å²) in [4.78, 5) is 13.2. The molecule has 2 fully saturated rings. The van der Waals surface area contributed by atoms with Crippen molar-refractivity contribution in [3.63, 3.8) is 0 Å². The Morgan fingerprint density at radius 2 is 1.90 bits per heavy atom. The van der Waals surface area contributed by atoms with Gasteiger partial charge in [0, 0.05) is 18.9 Å². The molecule has 0 amide bonds. The van der Waals surface area contributed by atoms with Crippen molar-refractivity contribution >= 4 is 16.0 Å².